The number of rotatable bonds is 1. The number of sulfone groups is 1. The number of fused-ring (bicyclic) bond motifs is 1. The largest absolute Gasteiger partial charge is 0.290 e. The molecule has 1 unspecified atom stereocenters. The van der Waals surface area contributed by atoms with E-state index in [2.05, 4.69) is 10.2 Å². The van der Waals surface area contributed by atoms with E-state index < -0.39 is 15.1 Å². The Morgan fingerprint density at radius 2 is 2.22 bits per heavy atom. The number of hydrogen-bond acceptors (Lipinski definition) is 4. The third kappa shape index (κ3) is 1.74. The standard InChI is InChI=1S/C11H13N3O3S/c15-8-4-5-14-10(7-8)12-13-11(14)9-3-1-2-6-18(9,16)17/h4-5,7,9,12H,1-3,6H2. The van der Waals surface area contributed by atoms with Crippen molar-refractivity contribution in [2.45, 2.75) is 24.5 Å². The van der Waals surface area contributed by atoms with E-state index in [1.54, 1.807) is 10.6 Å². The molecule has 1 aliphatic heterocycles. The molecular weight excluding hydrogens is 254 g/mol. The van der Waals surface area contributed by atoms with Crippen molar-refractivity contribution < 1.29 is 8.42 Å². The van der Waals surface area contributed by atoms with Crippen LogP contribution >= 0.6 is 0 Å². The lowest BCUT2D eigenvalue weighted by atomic mass is 10.2. The van der Waals surface area contributed by atoms with Crippen molar-refractivity contribution >= 4 is 15.5 Å². The Morgan fingerprint density at radius 3 is 3.00 bits per heavy atom. The number of nitrogens with zero attached hydrogens (tertiary/aromatic N) is 2. The molecule has 0 bridgehead atoms. The zero-order valence-electron chi connectivity index (χ0n) is 9.67. The molecule has 1 aliphatic rings. The number of aromatic amines is 1. The second-order valence-electron chi connectivity index (χ2n) is 4.55. The fourth-order valence-electron chi connectivity index (χ4n) is 2.41. The summed E-state index contributed by atoms with van der Waals surface area (Å²) in [5, 5.41) is 6.22. The Balaban J connectivity index is 2.17. The molecule has 2 aromatic rings. The van der Waals surface area contributed by atoms with Gasteiger partial charge in [0.25, 0.3) is 0 Å². The fourth-order valence-corrected chi connectivity index (χ4v) is 4.31. The topological polar surface area (TPSA) is 84.3 Å². The van der Waals surface area contributed by atoms with Crippen molar-refractivity contribution in [1.29, 1.82) is 0 Å². The van der Waals surface area contributed by atoms with Gasteiger partial charge in [-0.15, -0.1) is 0 Å². The number of aromatic nitrogens is 3. The van der Waals surface area contributed by atoms with Crippen LogP contribution in [-0.2, 0) is 9.84 Å². The average Bonchev–Trinajstić information content (AvgIpc) is 2.71. The number of hydrogen-bond donors (Lipinski definition) is 1. The van der Waals surface area contributed by atoms with Crippen molar-refractivity contribution in [3.05, 3.63) is 34.4 Å². The van der Waals surface area contributed by atoms with Crippen LogP contribution in [-0.4, -0.2) is 28.8 Å². The minimum Gasteiger partial charge on any atom is -0.290 e. The van der Waals surface area contributed by atoms with Gasteiger partial charge in [0.05, 0.1) is 5.75 Å². The van der Waals surface area contributed by atoms with Gasteiger partial charge in [-0.05, 0) is 12.8 Å². The third-order valence-corrected chi connectivity index (χ3v) is 5.50. The second kappa shape index (κ2) is 3.94. The quantitative estimate of drug-likeness (QED) is 0.822. The molecule has 0 aromatic carbocycles. The molecule has 7 heteroatoms. The first kappa shape index (κ1) is 11.5. The third-order valence-electron chi connectivity index (χ3n) is 3.32. The second-order valence-corrected chi connectivity index (χ2v) is 6.85. The fraction of sp³-hybridized carbons (Fsp3) is 0.455. The Bertz CT molecular complexity index is 744. The summed E-state index contributed by atoms with van der Waals surface area (Å²) in [4.78, 5) is 11.2. The Morgan fingerprint density at radius 1 is 1.39 bits per heavy atom. The zero-order valence-corrected chi connectivity index (χ0v) is 10.5. The molecule has 1 saturated heterocycles. The maximum absolute atomic E-state index is 12.1. The molecule has 6 nitrogen and oxygen atoms in total. The summed E-state index contributed by atoms with van der Waals surface area (Å²) >= 11 is 0. The normalized spacial score (nSPS) is 23.2. The van der Waals surface area contributed by atoms with Gasteiger partial charge in [0, 0.05) is 18.3 Å². The number of pyridine rings is 1. The molecule has 0 amide bonds. The predicted octanol–water partition coefficient (Wildman–Crippen LogP) is 0.662. The van der Waals surface area contributed by atoms with Gasteiger partial charge in [0.1, 0.15) is 10.9 Å². The van der Waals surface area contributed by atoms with Crippen molar-refractivity contribution in [2.24, 2.45) is 0 Å². The molecule has 18 heavy (non-hydrogen) atoms. The number of nitrogens with one attached hydrogen (secondary N) is 1. The first-order valence-electron chi connectivity index (χ1n) is 5.86. The summed E-state index contributed by atoms with van der Waals surface area (Å²) in [7, 11) is -3.13. The Hall–Kier alpha value is -1.63. The highest BCUT2D eigenvalue weighted by atomic mass is 32.2. The van der Waals surface area contributed by atoms with E-state index in [0.717, 1.165) is 12.8 Å². The van der Waals surface area contributed by atoms with Crippen LogP contribution in [0.5, 0.6) is 0 Å². The molecule has 3 heterocycles. The molecule has 0 spiro atoms. The maximum Gasteiger partial charge on any atom is 0.183 e. The highest BCUT2D eigenvalue weighted by Crippen LogP contribution is 2.32. The van der Waals surface area contributed by atoms with E-state index in [0.29, 0.717) is 17.9 Å². The average molecular weight is 267 g/mol. The van der Waals surface area contributed by atoms with Crippen LogP contribution < -0.4 is 5.43 Å². The molecule has 0 radical (unpaired) electrons. The molecule has 1 atom stereocenters. The zero-order chi connectivity index (χ0) is 12.8. The molecule has 1 N–H and O–H groups in total. The van der Waals surface area contributed by atoms with Gasteiger partial charge in [0.15, 0.2) is 21.1 Å². The van der Waals surface area contributed by atoms with Gasteiger partial charge >= 0.3 is 0 Å². The van der Waals surface area contributed by atoms with Crippen LogP contribution in [0.15, 0.2) is 23.1 Å². The minimum absolute atomic E-state index is 0.128. The molecule has 1 fully saturated rings. The summed E-state index contributed by atoms with van der Waals surface area (Å²) in [6.07, 6.45) is 3.77. The molecule has 3 rings (SSSR count). The highest BCUT2D eigenvalue weighted by molar-refractivity contribution is 7.91. The summed E-state index contributed by atoms with van der Waals surface area (Å²) < 4.78 is 25.8. The van der Waals surface area contributed by atoms with E-state index in [9.17, 15) is 13.2 Å². The van der Waals surface area contributed by atoms with Gasteiger partial charge in [-0.3, -0.25) is 14.3 Å². The predicted molar refractivity (Wildman–Crippen MR) is 66.2 cm³/mol. The molecular formula is C11H13N3O3S. The van der Waals surface area contributed by atoms with Crippen LogP contribution in [0.1, 0.15) is 30.3 Å². The van der Waals surface area contributed by atoms with E-state index in [1.165, 1.54) is 12.1 Å². The SMILES string of the molecule is O=c1ccn2c(C3CCCCS3(=O)=O)n[nH]c2c1. The summed E-state index contributed by atoms with van der Waals surface area (Å²) in [6.45, 7) is 0. The lowest BCUT2D eigenvalue weighted by Gasteiger charge is -2.20. The van der Waals surface area contributed by atoms with Crippen molar-refractivity contribution in [3.8, 4) is 0 Å². The van der Waals surface area contributed by atoms with Gasteiger partial charge in [-0.1, -0.05) is 6.42 Å². The van der Waals surface area contributed by atoms with Crippen LogP contribution in [0.3, 0.4) is 0 Å². The number of H-pyrrole nitrogens is 1. The van der Waals surface area contributed by atoms with Gasteiger partial charge in [0.2, 0.25) is 0 Å². The van der Waals surface area contributed by atoms with E-state index in [-0.39, 0.29) is 11.2 Å². The molecule has 2 aromatic heterocycles. The molecule has 0 aliphatic carbocycles. The van der Waals surface area contributed by atoms with Gasteiger partial charge in [-0.2, -0.15) is 5.10 Å². The molecule has 96 valence electrons. The summed E-state index contributed by atoms with van der Waals surface area (Å²) in [5.74, 6) is 0.691. The lowest BCUT2D eigenvalue weighted by Crippen LogP contribution is -2.23. The highest BCUT2D eigenvalue weighted by Gasteiger charge is 2.33. The Kier molecular flexibility index (Phi) is 2.51. The monoisotopic (exact) mass is 267 g/mol. The van der Waals surface area contributed by atoms with Crippen LogP contribution in [0.25, 0.3) is 5.65 Å². The summed E-state index contributed by atoms with van der Waals surface area (Å²) in [6, 6.07) is 2.81. The van der Waals surface area contributed by atoms with E-state index in [1.807, 2.05) is 0 Å². The van der Waals surface area contributed by atoms with Crippen LogP contribution in [0.4, 0.5) is 0 Å². The van der Waals surface area contributed by atoms with Crippen molar-refractivity contribution in [2.75, 3.05) is 5.75 Å². The van der Waals surface area contributed by atoms with Crippen molar-refractivity contribution in [3.63, 3.8) is 0 Å². The van der Waals surface area contributed by atoms with E-state index in [4.69, 9.17) is 0 Å². The van der Waals surface area contributed by atoms with Gasteiger partial charge in [-0.25, -0.2) is 8.42 Å². The first-order valence-corrected chi connectivity index (χ1v) is 7.58. The maximum atomic E-state index is 12.1. The smallest absolute Gasteiger partial charge is 0.183 e. The first-order chi connectivity index (χ1) is 8.58. The van der Waals surface area contributed by atoms with Crippen LogP contribution in [0.2, 0.25) is 0 Å². The van der Waals surface area contributed by atoms with Gasteiger partial charge < -0.3 is 0 Å². The minimum atomic E-state index is -3.13. The van der Waals surface area contributed by atoms with Crippen LogP contribution in [0, 0.1) is 0 Å². The Labute approximate surface area is 104 Å². The van der Waals surface area contributed by atoms with Crippen molar-refractivity contribution in [1.82, 2.24) is 14.6 Å². The summed E-state index contributed by atoms with van der Waals surface area (Å²) in [5.41, 5.74) is 0.398. The molecule has 0 saturated carbocycles. The van der Waals surface area contributed by atoms with E-state index >= 15 is 0 Å². The lowest BCUT2D eigenvalue weighted by molar-refractivity contribution is 0.537.